The molecular formula is C18H23N7O2. The van der Waals surface area contributed by atoms with E-state index in [1.807, 2.05) is 30.3 Å². The SMILES string of the molecule is NC1CCCN(c2ncnc(NCC3CN(c4ccccc4)C(=O)O3)n2)C1. The zero-order valence-corrected chi connectivity index (χ0v) is 15.0. The number of nitrogens with one attached hydrogen (secondary N) is 1. The summed E-state index contributed by atoms with van der Waals surface area (Å²) in [6.07, 6.45) is 2.93. The number of piperidine rings is 1. The number of amides is 1. The number of nitrogens with zero attached hydrogens (tertiary/aromatic N) is 5. The molecule has 0 saturated carbocycles. The molecule has 1 amide bonds. The lowest BCUT2D eigenvalue weighted by molar-refractivity contribution is 0.147. The van der Waals surface area contributed by atoms with Gasteiger partial charge in [0.15, 0.2) is 0 Å². The Labute approximate surface area is 157 Å². The predicted octanol–water partition coefficient (Wildman–Crippen LogP) is 1.24. The van der Waals surface area contributed by atoms with Crippen LogP contribution in [0.1, 0.15) is 12.8 Å². The summed E-state index contributed by atoms with van der Waals surface area (Å²) in [7, 11) is 0. The first kappa shape index (κ1) is 17.5. The topological polar surface area (TPSA) is 110 Å². The highest BCUT2D eigenvalue weighted by Gasteiger charge is 2.32. The minimum absolute atomic E-state index is 0.147. The van der Waals surface area contributed by atoms with Gasteiger partial charge in [0.1, 0.15) is 12.4 Å². The third-order valence-corrected chi connectivity index (χ3v) is 4.73. The zero-order valence-electron chi connectivity index (χ0n) is 15.0. The molecule has 2 aromatic rings. The predicted molar refractivity (Wildman–Crippen MR) is 102 cm³/mol. The number of para-hydroxylation sites is 1. The van der Waals surface area contributed by atoms with Gasteiger partial charge in [0, 0.05) is 24.8 Å². The Bertz CT molecular complexity index is 788. The standard InChI is InChI=1S/C18H23N7O2/c19-13-5-4-8-24(10-13)17-22-12-21-16(23-17)20-9-15-11-25(18(26)27-15)14-6-2-1-3-7-14/h1-3,6-7,12-13,15H,4-5,8-11,19H2,(H,20,21,22,23). The summed E-state index contributed by atoms with van der Waals surface area (Å²) in [5.41, 5.74) is 6.86. The summed E-state index contributed by atoms with van der Waals surface area (Å²) in [6, 6.07) is 9.63. The normalized spacial score (nSPS) is 22.6. The molecule has 4 rings (SSSR count). The Kier molecular flexibility index (Phi) is 5.01. The van der Waals surface area contributed by atoms with Crippen molar-refractivity contribution >= 4 is 23.7 Å². The number of cyclic esters (lactones) is 1. The van der Waals surface area contributed by atoms with E-state index in [-0.39, 0.29) is 18.2 Å². The molecule has 2 fully saturated rings. The molecule has 3 N–H and O–H groups in total. The van der Waals surface area contributed by atoms with E-state index < -0.39 is 0 Å². The van der Waals surface area contributed by atoms with Gasteiger partial charge < -0.3 is 20.7 Å². The van der Waals surface area contributed by atoms with E-state index in [4.69, 9.17) is 10.5 Å². The fourth-order valence-corrected chi connectivity index (χ4v) is 3.37. The first-order valence-electron chi connectivity index (χ1n) is 9.15. The Hall–Kier alpha value is -2.94. The third kappa shape index (κ3) is 4.08. The number of benzene rings is 1. The van der Waals surface area contributed by atoms with E-state index in [1.54, 1.807) is 4.90 Å². The van der Waals surface area contributed by atoms with Gasteiger partial charge in [0.25, 0.3) is 0 Å². The van der Waals surface area contributed by atoms with Crippen molar-refractivity contribution in [2.45, 2.75) is 25.0 Å². The Morgan fingerprint density at radius 1 is 1.22 bits per heavy atom. The van der Waals surface area contributed by atoms with Crippen molar-refractivity contribution in [2.24, 2.45) is 5.73 Å². The molecule has 0 radical (unpaired) electrons. The minimum atomic E-state index is -0.341. The third-order valence-electron chi connectivity index (χ3n) is 4.73. The van der Waals surface area contributed by atoms with E-state index in [0.717, 1.165) is 31.6 Å². The van der Waals surface area contributed by atoms with E-state index in [1.165, 1.54) is 6.33 Å². The van der Waals surface area contributed by atoms with Crippen LogP contribution in [0.25, 0.3) is 0 Å². The molecule has 0 aliphatic carbocycles. The van der Waals surface area contributed by atoms with E-state index in [9.17, 15) is 4.79 Å². The van der Waals surface area contributed by atoms with Crippen molar-refractivity contribution in [3.05, 3.63) is 36.7 Å². The molecule has 3 heterocycles. The van der Waals surface area contributed by atoms with Gasteiger partial charge in [-0.1, -0.05) is 18.2 Å². The molecular weight excluding hydrogens is 346 g/mol. The van der Waals surface area contributed by atoms with Crippen LogP contribution in [0.2, 0.25) is 0 Å². The molecule has 9 heteroatoms. The quantitative estimate of drug-likeness (QED) is 0.810. The molecule has 2 saturated heterocycles. The Balaban J connectivity index is 1.35. The molecule has 0 bridgehead atoms. The summed E-state index contributed by atoms with van der Waals surface area (Å²) >= 11 is 0. The molecule has 2 atom stereocenters. The molecule has 9 nitrogen and oxygen atoms in total. The number of ether oxygens (including phenoxy) is 1. The number of rotatable bonds is 5. The lowest BCUT2D eigenvalue weighted by atomic mass is 10.1. The van der Waals surface area contributed by atoms with Crippen LogP contribution < -0.4 is 20.9 Å². The molecule has 142 valence electrons. The van der Waals surface area contributed by atoms with E-state index in [2.05, 4.69) is 25.2 Å². The van der Waals surface area contributed by atoms with Crippen molar-refractivity contribution in [3.8, 4) is 0 Å². The number of aromatic nitrogens is 3. The molecule has 2 aliphatic rings. The number of anilines is 3. The summed E-state index contributed by atoms with van der Waals surface area (Å²) in [5.74, 6) is 1.09. The average Bonchev–Trinajstić information content (AvgIpc) is 3.08. The summed E-state index contributed by atoms with van der Waals surface area (Å²) in [4.78, 5) is 28.7. The van der Waals surface area contributed by atoms with Crippen LogP contribution in [0, 0.1) is 0 Å². The van der Waals surface area contributed by atoms with Gasteiger partial charge in [-0.25, -0.2) is 14.8 Å². The van der Waals surface area contributed by atoms with Crippen molar-refractivity contribution in [1.82, 2.24) is 15.0 Å². The fourth-order valence-electron chi connectivity index (χ4n) is 3.37. The maximum Gasteiger partial charge on any atom is 0.414 e. The number of hydrogen-bond donors (Lipinski definition) is 2. The number of hydrogen-bond acceptors (Lipinski definition) is 8. The van der Waals surface area contributed by atoms with Crippen LogP contribution in [-0.4, -0.2) is 59.4 Å². The molecule has 0 spiro atoms. The van der Waals surface area contributed by atoms with Crippen LogP contribution in [0.15, 0.2) is 36.7 Å². The van der Waals surface area contributed by atoms with Crippen LogP contribution >= 0.6 is 0 Å². The van der Waals surface area contributed by atoms with Crippen molar-refractivity contribution in [1.29, 1.82) is 0 Å². The second-order valence-electron chi connectivity index (χ2n) is 6.79. The van der Waals surface area contributed by atoms with Crippen molar-refractivity contribution in [2.75, 3.05) is 41.3 Å². The summed E-state index contributed by atoms with van der Waals surface area (Å²) in [6.45, 7) is 2.55. The fraction of sp³-hybridized carbons (Fsp3) is 0.444. The maximum absolute atomic E-state index is 12.1. The summed E-state index contributed by atoms with van der Waals surface area (Å²) < 4.78 is 5.44. The largest absolute Gasteiger partial charge is 0.442 e. The molecule has 2 unspecified atom stereocenters. The van der Waals surface area contributed by atoms with Crippen LogP contribution in [0.3, 0.4) is 0 Å². The Morgan fingerprint density at radius 2 is 2.07 bits per heavy atom. The van der Waals surface area contributed by atoms with Gasteiger partial charge in [-0.3, -0.25) is 4.90 Å². The van der Waals surface area contributed by atoms with Crippen molar-refractivity contribution in [3.63, 3.8) is 0 Å². The average molecular weight is 369 g/mol. The second kappa shape index (κ2) is 7.75. The number of nitrogens with two attached hydrogens (primary N) is 1. The maximum atomic E-state index is 12.1. The highest BCUT2D eigenvalue weighted by molar-refractivity contribution is 5.89. The molecule has 1 aromatic heterocycles. The monoisotopic (exact) mass is 369 g/mol. The number of carbonyl (C=O) groups excluding carboxylic acids is 1. The van der Waals surface area contributed by atoms with Gasteiger partial charge in [-0.05, 0) is 25.0 Å². The first-order valence-corrected chi connectivity index (χ1v) is 9.15. The number of carbonyl (C=O) groups is 1. The smallest absolute Gasteiger partial charge is 0.414 e. The first-order chi connectivity index (χ1) is 13.2. The highest BCUT2D eigenvalue weighted by Crippen LogP contribution is 2.21. The molecule has 2 aliphatic heterocycles. The van der Waals surface area contributed by atoms with Crippen molar-refractivity contribution < 1.29 is 9.53 Å². The molecule has 27 heavy (non-hydrogen) atoms. The van der Waals surface area contributed by atoms with Crippen LogP contribution in [-0.2, 0) is 4.74 Å². The van der Waals surface area contributed by atoms with Gasteiger partial charge in [-0.2, -0.15) is 4.98 Å². The van der Waals surface area contributed by atoms with Gasteiger partial charge in [-0.15, -0.1) is 0 Å². The van der Waals surface area contributed by atoms with Crippen LogP contribution in [0.4, 0.5) is 22.4 Å². The summed E-state index contributed by atoms with van der Waals surface area (Å²) in [5, 5.41) is 3.15. The van der Waals surface area contributed by atoms with Crippen LogP contribution in [0.5, 0.6) is 0 Å². The van der Waals surface area contributed by atoms with Gasteiger partial charge in [0.05, 0.1) is 13.1 Å². The second-order valence-corrected chi connectivity index (χ2v) is 6.79. The minimum Gasteiger partial charge on any atom is -0.442 e. The lowest BCUT2D eigenvalue weighted by Gasteiger charge is -2.30. The Morgan fingerprint density at radius 3 is 2.89 bits per heavy atom. The molecule has 1 aromatic carbocycles. The van der Waals surface area contributed by atoms with E-state index >= 15 is 0 Å². The lowest BCUT2D eigenvalue weighted by Crippen LogP contribution is -2.43. The van der Waals surface area contributed by atoms with E-state index in [0.29, 0.717) is 25.0 Å². The highest BCUT2D eigenvalue weighted by atomic mass is 16.6. The van der Waals surface area contributed by atoms with Gasteiger partial charge in [0.2, 0.25) is 11.9 Å². The van der Waals surface area contributed by atoms with Gasteiger partial charge >= 0.3 is 6.09 Å². The zero-order chi connectivity index (χ0) is 18.6.